The first kappa shape index (κ1) is 12.4. The largest absolute Gasteiger partial charge is 0.491 e. The molecule has 1 atom stereocenters. The number of hydrogen-bond acceptors (Lipinski definition) is 2. The highest BCUT2D eigenvalue weighted by Crippen LogP contribution is 2.24. The molecule has 1 fully saturated rings. The Hall–Kier alpha value is -1.02. The fraction of sp³-hybridized carbons (Fsp3) is 0.600. The van der Waals surface area contributed by atoms with E-state index in [1.54, 1.807) is 0 Å². The van der Waals surface area contributed by atoms with Gasteiger partial charge in [-0.05, 0) is 36.0 Å². The van der Waals surface area contributed by atoms with Gasteiger partial charge >= 0.3 is 0 Å². The van der Waals surface area contributed by atoms with Crippen molar-refractivity contribution in [1.29, 1.82) is 0 Å². The molecular formula is C15H22O2. The van der Waals surface area contributed by atoms with E-state index in [-0.39, 0.29) is 11.5 Å². The zero-order valence-electron chi connectivity index (χ0n) is 11.0. The first-order chi connectivity index (χ1) is 8.05. The smallest absolute Gasteiger partial charge is 0.119 e. The van der Waals surface area contributed by atoms with E-state index in [1.807, 2.05) is 0 Å². The quantitative estimate of drug-likeness (QED) is 0.796. The SMILES string of the molecule is CC(C)(C)c1ccc(OCC2CCCO2)cc1. The third-order valence-corrected chi connectivity index (χ3v) is 3.18. The normalized spacial score (nSPS) is 20.5. The number of hydrogen-bond donors (Lipinski definition) is 0. The molecule has 1 aliphatic rings. The van der Waals surface area contributed by atoms with Gasteiger partial charge in [0.25, 0.3) is 0 Å². The summed E-state index contributed by atoms with van der Waals surface area (Å²) in [6.07, 6.45) is 2.58. The van der Waals surface area contributed by atoms with Crippen LogP contribution < -0.4 is 4.74 Å². The van der Waals surface area contributed by atoms with Crippen LogP contribution in [0.3, 0.4) is 0 Å². The highest BCUT2D eigenvalue weighted by molar-refractivity contribution is 5.31. The summed E-state index contributed by atoms with van der Waals surface area (Å²) in [5, 5.41) is 0. The molecular weight excluding hydrogens is 212 g/mol. The minimum absolute atomic E-state index is 0.201. The minimum Gasteiger partial charge on any atom is -0.491 e. The summed E-state index contributed by atoms with van der Waals surface area (Å²) < 4.78 is 11.3. The summed E-state index contributed by atoms with van der Waals surface area (Å²) >= 11 is 0. The second-order valence-corrected chi connectivity index (χ2v) is 5.72. The summed E-state index contributed by atoms with van der Waals surface area (Å²) in [5.41, 5.74) is 1.54. The number of rotatable bonds is 3. The maximum absolute atomic E-state index is 5.73. The van der Waals surface area contributed by atoms with Gasteiger partial charge in [0.05, 0.1) is 6.10 Å². The van der Waals surface area contributed by atoms with Gasteiger partial charge in [0.1, 0.15) is 12.4 Å². The maximum atomic E-state index is 5.73. The van der Waals surface area contributed by atoms with Crippen LogP contribution in [-0.2, 0) is 10.2 Å². The van der Waals surface area contributed by atoms with Crippen LogP contribution in [-0.4, -0.2) is 19.3 Å². The van der Waals surface area contributed by atoms with Gasteiger partial charge in [-0.15, -0.1) is 0 Å². The molecule has 0 radical (unpaired) electrons. The molecule has 94 valence electrons. The zero-order valence-corrected chi connectivity index (χ0v) is 11.0. The molecule has 2 heteroatoms. The van der Waals surface area contributed by atoms with Gasteiger partial charge < -0.3 is 9.47 Å². The second kappa shape index (κ2) is 5.09. The molecule has 0 N–H and O–H groups in total. The number of ether oxygens (including phenoxy) is 2. The standard InChI is InChI=1S/C15H22O2/c1-15(2,3)12-6-8-13(9-7-12)17-11-14-5-4-10-16-14/h6-9,14H,4-5,10-11H2,1-3H3. The van der Waals surface area contributed by atoms with Crippen molar-refractivity contribution in [1.82, 2.24) is 0 Å². The Labute approximate surface area is 104 Å². The molecule has 1 heterocycles. The summed E-state index contributed by atoms with van der Waals surface area (Å²) in [7, 11) is 0. The fourth-order valence-corrected chi connectivity index (χ4v) is 2.02. The van der Waals surface area contributed by atoms with Gasteiger partial charge in [-0.1, -0.05) is 32.9 Å². The Morgan fingerprint density at radius 3 is 2.47 bits per heavy atom. The lowest BCUT2D eigenvalue weighted by atomic mass is 9.87. The second-order valence-electron chi connectivity index (χ2n) is 5.72. The van der Waals surface area contributed by atoms with Crippen LogP contribution in [0.2, 0.25) is 0 Å². The van der Waals surface area contributed by atoms with Crippen LogP contribution in [0.5, 0.6) is 5.75 Å². The van der Waals surface area contributed by atoms with Gasteiger partial charge in [0.2, 0.25) is 0 Å². The van der Waals surface area contributed by atoms with Crippen molar-refractivity contribution >= 4 is 0 Å². The van der Waals surface area contributed by atoms with Crippen molar-refractivity contribution in [3.63, 3.8) is 0 Å². The molecule has 2 nitrogen and oxygen atoms in total. The third kappa shape index (κ3) is 3.47. The van der Waals surface area contributed by atoms with E-state index < -0.39 is 0 Å². The van der Waals surface area contributed by atoms with E-state index in [4.69, 9.17) is 9.47 Å². The molecule has 0 spiro atoms. The molecule has 1 aromatic carbocycles. The molecule has 1 aromatic rings. The molecule has 1 saturated heterocycles. The van der Waals surface area contributed by atoms with E-state index in [9.17, 15) is 0 Å². The molecule has 1 aliphatic heterocycles. The Morgan fingerprint density at radius 1 is 1.24 bits per heavy atom. The molecule has 2 rings (SSSR count). The Morgan fingerprint density at radius 2 is 1.94 bits per heavy atom. The lowest BCUT2D eigenvalue weighted by molar-refractivity contribution is 0.0679. The Balaban J connectivity index is 1.89. The highest BCUT2D eigenvalue weighted by Gasteiger charge is 2.16. The first-order valence-electron chi connectivity index (χ1n) is 6.41. The predicted molar refractivity (Wildman–Crippen MR) is 69.6 cm³/mol. The molecule has 0 aliphatic carbocycles. The van der Waals surface area contributed by atoms with Crippen molar-refractivity contribution in [3.8, 4) is 5.75 Å². The monoisotopic (exact) mass is 234 g/mol. The minimum atomic E-state index is 0.201. The van der Waals surface area contributed by atoms with E-state index in [2.05, 4.69) is 45.0 Å². The fourth-order valence-electron chi connectivity index (χ4n) is 2.02. The van der Waals surface area contributed by atoms with Crippen molar-refractivity contribution in [2.45, 2.75) is 45.1 Å². The van der Waals surface area contributed by atoms with E-state index >= 15 is 0 Å². The lowest BCUT2D eigenvalue weighted by Gasteiger charge is -2.19. The third-order valence-electron chi connectivity index (χ3n) is 3.18. The van der Waals surface area contributed by atoms with Crippen LogP contribution in [0.25, 0.3) is 0 Å². The van der Waals surface area contributed by atoms with Crippen LogP contribution >= 0.6 is 0 Å². The highest BCUT2D eigenvalue weighted by atomic mass is 16.5. The van der Waals surface area contributed by atoms with Crippen molar-refractivity contribution in [2.24, 2.45) is 0 Å². The maximum Gasteiger partial charge on any atom is 0.119 e. The molecule has 17 heavy (non-hydrogen) atoms. The number of benzene rings is 1. The van der Waals surface area contributed by atoms with Crippen LogP contribution in [0.15, 0.2) is 24.3 Å². The Bertz CT molecular complexity index is 342. The lowest BCUT2D eigenvalue weighted by Crippen LogP contribution is -2.16. The molecule has 0 amide bonds. The summed E-state index contributed by atoms with van der Waals surface area (Å²) in [6.45, 7) is 8.21. The summed E-state index contributed by atoms with van der Waals surface area (Å²) in [4.78, 5) is 0. The van der Waals surface area contributed by atoms with Crippen molar-refractivity contribution in [3.05, 3.63) is 29.8 Å². The molecule has 0 bridgehead atoms. The van der Waals surface area contributed by atoms with Gasteiger partial charge in [-0.25, -0.2) is 0 Å². The van der Waals surface area contributed by atoms with Gasteiger partial charge in [-0.2, -0.15) is 0 Å². The van der Waals surface area contributed by atoms with E-state index in [0.29, 0.717) is 6.61 Å². The molecule has 1 unspecified atom stereocenters. The van der Waals surface area contributed by atoms with Gasteiger partial charge in [0, 0.05) is 6.61 Å². The first-order valence-corrected chi connectivity index (χ1v) is 6.41. The van der Waals surface area contributed by atoms with Crippen LogP contribution in [0.1, 0.15) is 39.2 Å². The van der Waals surface area contributed by atoms with E-state index in [0.717, 1.165) is 25.2 Å². The topological polar surface area (TPSA) is 18.5 Å². The average Bonchev–Trinajstić information content (AvgIpc) is 2.78. The average molecular weight is 234 g/mol. The van der Waals surface area contributed by atoms with Gasteiger partial charge in [-0.3, -0.25) is 0 Å². The molecule has 0 saturated carbocycles. The van der Waals surface area contributed by atoms with Crippen molar-refractivity contribution in [2.75, 3.05) is 13.2 Å². The molecule has 0 aromatic heterocycles. The Kier molecular flexibility index (Phi) is 3.72. The summed E-state index contributed by atoms with van der Waals surface area (Å²) in [5.74, 6) is 0.938. The van der Waals surface area contributed by atoms with Crippen LogP contribution in [0, 0.1) is 0 Å². The zero-order chi connectivity index (χ0) is 12.3. The van der Waals surface area contributed by atoms with E-state index in [1.165, 1.54) is 5.56 Å². The van der Waals surface area contributed by atoms with Crippen LogP contribution in [0.4, 0.5) is 0 Å². The summed E-state index contributed by atoms with van der Waals surface area (Å²) in [6, 6.07) is 8.39. The van der Waals surface area contributed by atoms with Crippen molar-refractivity contribution < 1.29 is 9.47 Å². The van der Waals surface area contributed by atoms with Gasteiger partial charge in [0.15, 0.2) is 0 Å². The predicted octanol–water partition coefficient (Wildman–Crippen LogP) is 3.54.